The summed E-state index contributed by atoms with van der Waals surface area (Å²) < 4.78 is 45.0. The van der Waals surface area contributed by atoms with E-state index >= 15 is 0 Å². The third-order valence-electron chi connectivity index (χ3n) is 7.32. The van der Waals surface area contributed by atoms with Crippen molar-refractivity contribution in [1.29, 1.82) is 0 Å². The standard InChI is InChI=1S/C35H21F3O/c36-35(37,38)29-18-16-23(17-19-29)26-13-15-27-20-25(12-14-28(27)21-26)22-8-10-24(11-9-22)30-5-3-6-32-31-4-1-2-7-33(31)39-34(30)32/h1-21H. The molecule has 0 saturated heterocycles. The number of alkyl halides is 3. The largest absolute Gasteiger partial charge is 0.455 e. The fourth-order valence-corrected chi connectivity index (χ4v) is 5.27. The van der Waals surface area contributed by atoms with Crippen molar-refractivity contribution in [2.75, 3.05) is 0 Å². The Kier molecular flexibility index (Phi) is 5.31. The third kappa shape index (κ3) is 4.15. The molecule has 0 saturated carbocycles. The number of rotatable bonds is 3. The van der Waals surface area contributed by atoms with Crippen LogP contribution in [-0.4, -0.2) is 0 Å². The fraction of sp³-hybridized carbons (Fsp3) is 0.0286. The van der Waals surface area contributed by atoms with Crippen LogP contribution in [0.25, 0.3) is 66.1 Å². The van der Waals surface area contributed by atoms with E-state index < -0.39 is 11.7 Å². The molecule has 7 aromatic rings. The maximum absolute atomic E-state index is 12.9. The van der Waals surface area contributed by atoms with Gasteiger partial charge in [0.15, 0.2) is 0 Å². The fourth-order valence-electron chi connectivity index (χ4n) is 5.27. The zero-order chi connectivity index (χ0) is 26.6. The van der Waals surface area contributed by atoms with Crippen molar-refractivity contribution in [3.63, 3.8) is 0 Å². The van der Waals surface area contributed by atoms with E-state index in [0.717, 1.165) is 78.2 Å². The molecule has 0 aliphatic carbocycles. The molecule has 1 heterocycles. The summed E-state index contributed by atoms with van der Waals surface area (Å²) in [6.45, 7) is 0. The summed E-state index contributed by atoms with van der Waals surface area (Å²) in [5.74, 6) is 0. The number of para-hydroxylation sites is 2. The van der Waals surface area contributed by atoms with Crippen LogP contribution in [0.5, 0.6) is 0 Å². The normalized spacial score (nSPS) is 12.0. The molecular formula is C35H21F3O. The second-order valence-electron chi connectivity index (χ2n) is 9.71. The molecule has 0 spiro atoms. The Morgan fingerprint density at radius 2 is 1.00 bits per heavy atom. The topological polar surface area (TPSA) is 13.1 Å². The third-order valence-corrected chi connectivity index (χ3v) is 7.32. The Labute approximate surface area is 222 Å². The molecule has 0 atom stereocenters. The monoisotopic (exact) mass is 514 g/mol. The highest BCUT2D eigenvalue weighted by atomic mass is 19.4. The first-order valence-corrected chi connectivity index (χ1v) is 12.7. The molecule has 0 aliphatic heterocycles. The molecule has 188 valence electrons. The summed E-state index contributed by atoms with van der Waals surface area (Å²) in [6, 6.07) is 40.4. The lowest BCUT2D eigenvalue weighted by atomic mass is 9.96. The van der Waals surface area contributed by atoms with Gasteiger partial charge in [0.05, 0.1) is 5.56 Å². The van der Waals surface area contributed by atoms with Gasteiger partial charge >= 0.3 is 6.18 Å². The summed E-state index contributed by atoms with van der Waals surface area (Å²) >= 11 is 0. The molecular weight excluding hydrogens is 493 g/mol. The quantitative estimate of drug-likeness (QED) is 0.229. The Hall–Kier alpha value is -4.83. The minimum atomic E-state index is -4.34. The van der Waals surface area contributed by atoms with Crippen molar-refractivity contribution >= 4 is 32.7 Å². The number of furan rings is 1. The summed E-state index contributed by atoms with van der Waals surface area (Å²) in [7, 11) is 0. The van der Waals surface area contributed by atoms with E-state index in [0.29, 0.717) is 0 Å². The zero-order valence-electron chi connectivity index (χ0n) is 20.7. The van der Waals surface area contributed by atoms with Crippen molar-refractivity contribution in [2.45, 2.75) is 6.18 Å². The summed E-state index contributed by atoms with van der Waals surface area (Å²) in [5, 5.41) is 4.32. The van der Waals surface area contributed by atoms with E-state index in [1.54, 1.807) is 0 Å². The first-order valence-electron chi connectivity index (χ1n) is 12.7. The van der Waals surface area contributed by atoms with Gasteiger partial charge in [-0.3, -0.25) is 0 Å². The molecule has 0 fully saturated rings. The van der Waals surface area contributed by atoms with Crippen LogP contribution in [0, 0.1) is 0 Å². The molecule has 1 aromatic heterocycles. The zero-order valence-corrected chi connectivity index (χ0v) is 20.7. The maximum atomic E-state index is 12.9. The van der Waals surface area contributed by atoms with Gasteiger partial charge in [-0.1, -0.05) is 97.1 Å². The predicted octanol–water partition coefficient (Wildman–Crippen LogP) is 10.8. The molecule has 0 aliphatic rings. The highest BCUT2D eigenvalue weighted by molar-refractivity contribution is 6.09. The minimum absolute atomic E-state index is 0.642. The minimum Gasteiger partial charge on any atom is -0.455 e. The highest BCUT2D eigenvalue weighted by Gasteiger charge is 2.30. The van der Waals surface area contributed by atoms with Crippen LogP contribution in [-0.2, 0) is 6.18 Å². The van der Waals surface area contributed by atoms with Crippen LogP contribution >= 0.6 is 0 Å². The number of halogens is 3. The van der Waals surface area contributed by atoms with E-state index in [4.69, 9.17) is 4.42 Å². The number of hydrogen-bond donors (Lipinski definition) is 0. The summed E-state index contributed by atoms with van der Waals surface area (Å²) in [6.07, 6.45) is -4.34. The van der Waals surface area contributed by atoms with Crippen LogP contribution in [0.3, 0.4) is 0 Å². The van der Waals surface area contributed by atoms with Crippen molar-refractivity contribution in [3.8, 4) is 33.4 Å². The highest BCUT2D eigenvalue weighted by Crippen LogP contribution is 2.37. The van der Waals surface area contributed by atoms with E-state index in [-0.39, 0.29) is 0 Å². The average Bonchev–Trinajstić information content (AvgIpc) is 3.35. The van der Waals surface area contributed by atoms with Gasteiger partial charge in [0.25, 0.3) is 0 Å². The van der Waals surface area contributed by atoms with Crippen LogP contribution in [0.4, 0.5) is 13.2 Å². The number of fused-ring (bicyclic) bond motifs is 4. The van der Waals surface area contributed by atoms with Gasteiger partial charge < -0.3 is 4.42 Å². The second kappa shape index (κ2) is 8.88. The molecule has 0 radical (unpaired) electrons. The van der Waals surface area contributed by atoms with Gasteiger partial charge in [0.1, 0.15) is 11.2 Å². The Balaban J connectivity index is 1.19. The van der Waals surface area contributed by atoms with Crippen molar-refractivity contribution < 1.29 is 17.6 Å². The molecule has 0 bridgehead atoms. The van der Waals surface area contributed by atoms with E-state index in [1.807, 2.05) is 36.4 Å². The van der Waals surface area contributed by atoms with E-state index in [2.05, 4.69) is 66.7 Å². The van der Waals surface area contributed by atoms with E-state index in [1.165, 1.54) is 12.1 Å². The maximum Gasteiger partial charge on any atom is 0.416 e. The van der Waals surface area contributed by atoms with Gasteiger partial charge in [-0.15, -0.1) is 0 Å². The number of hydrogen-bond acceptors (Lipinski definition) is 1. The Morgan fingerprint density at radius 1 is 0.462 bits per heavy atom. The Morgan fingerprint density at radius 3 is 1.64 bits per heavy atom. The van der Waals surface area contributed by atoms with Crippen LogP contribution in [0.1, 0.15) is 5.56 Å². The lowest BCUT2D eigenvalue weighted by Crippen LogP contribution is -2.03. The van der Waals surface area contributed by atoms with Crippen LogP contribution in [0.2, 0.25) is 0 Å². The van der Waals surface area contributed by atoms with Gasteiger partial charge in [0, 0.05) is 16.3 Å². The first-order chi connectivity index (χ1) is 18.9. The molecule has 4 heteroatoms. The predicted molar refractivity (Wildman–Crippen MR) is 153 cm³/mol. The van der Waals surface area contributed by atoms with Crippen molar-refractivity contribution in [2.24, 2.45) is 0 Å². The van der Waals surface area contributed by atoms with Crippen molar-refractivity contribution in [1.82, 2.24) is 0 Å². The smallest absolute Gasteiger partial charge is 0.416 e. The lowest BCUT2D eigenvalue weighted by Gasteiger charge is -2.10. The lowest BCUT2D eigenvalue weighted by molar-refractivity contribution is -0.137. The molecule has 0 amide bonds. The summed E-state index contributed by atoms with van der Waals surface area (Å²) in [4.78, 5) is 0. The number of benzene rings is 6. The van der Waals surface area contributed by atoms with Crippen molar-refractivity contribution in [3.05, 3.63) is 133 Å². The Bertz CT molecular complexity index is 1980. The molecule has 7 rings (SSSR count). The van der Waals surface area contributed by atoms with Crippen LogP contribution in [0.15, 0.2) is 132 Å². The van der Waals surface area contributed by atoms with E-state index in [9.17, 15) is 13.2 Å². The first kappa shape index (κ1) is 23.3. The van der Waals surface area contributed by atoms with Crippen LogP contribution < -0.4 is 0 Å². The average molecular weight is 515 g/mol. The molecule has 1 nitrogen and oxygen atoms in total. The second-order valence-corrected chi connectivity index (χ2v) is 9.71. The van der Waals surface area contributed by atoms with Gasteiger partial charge in [-0.2, -0.15) is 13.2 Å². The van der Waals surface area contributed by atoms with Gasteiger partial charge in [-0.05, 0) is 68.9 Å². The van der Waals surface area contributed by atoms with Gasteiger partial charge in [0.2, 0.25) is 0 Å². The molecule has 0 N–H and O–H groups in total. The summed E-state index contributed by atoms with van der Waals surface area (Å²) in [5.41, 5.74) is 7.11. The SMILES string of the molecule is FC(F)(F)c1ccc(-c2ccc3cc(-c4ccc(-c5cccc6c5oc5ccccc56)cc4)ccc3c2)cc1. The molecule has 39 heavy (non-hydrogen) atoms. The van der Waals surface area contributed by atoms with Gasteiger partial charge in [-0.25, -0.2) is 0 Å². The molecule has 6 aromatic carbocycles. The molecule has 0 unspecified atom stereocenters.